The zero-order valence-corrected chi connectivity index (χ0v) is 11.9. The molecule has 1 fully saturated rings. The van der Waals surface area contributed by atoms with Crippen LogP contribution >= 0.6 is 0 Å². The Morgan fingerprint density at radius 1 is 1.16 bits per heavy atom. The number of hydrogen-bond acceptors (Lipinski definition) is 3. The van der Waals surface area contributed by atoms with Crippen LogP contribution in [0, 0.1) is 18.8 Å². The third-order valence-electron chi connectivity index (χ3n) is 4.04. The minimum atomic E-state index is -0.400. The minimum Gasteiger partial charge on any atom is -0.293 e. The molecule has 1 aliphatic rings. The molecule has 3 nitrogen and oxygen atoms in total. The highest BCUT2D eigenvalue weighted by Crippen LogP contribution is 2.31. The maximum absolute atomic E-state index is 12.0. The lowest BCUT2D eigenvalue weighted by Crippen LogP contribution is -2.33. The minimum absolute atomic E-state index is 0.0155. The van der Waals surface area contributed by atoms with Crippen LogP contribution < -0.4 is 0 Å². The summed E-state index contributed by atoms with van der Waals surface area (Å²) in [5, 5.41) is 0. The zero-order valence-electron chi connectivity index (χ0n) is 11.9. The van der Waals surface area contributed by atoms with Crippen molar-refractivity contribution in [3.8, 4) is 0 Å². The van der Waals surface area contributed by atoms with Gasteiger partial charge in [0.15, 0.2) is 0 Å². The Labute approximate surface area is 114 Å². The monoisotopic (exact) mass is 262 g/mol. The van der Waals surface area contributed by atoms with Crippen molar-refractivity contribution in [3.05, 3.63) is 35.4 Å². The summed E-state index contributed by atoms with van der Waals surface area (Å²) in [6.07, 6.45) is 3.52. The summed E-state index contributed by atoms with van der Waals surface area (Å²) in [7, 11) is 0. The Hall–Kier alpha value is -1.35. The number of carbonyl (C=O) groups excluding carboxylic acids is 1. The van der Waals surface area contributed by atoms with E-state index in [2.05, 4.69) is 13.8 Å². The third kappa shape index (κ3) is 3.35. The van der Waals surface area contributed by atoms with Crippen molar-refractivity contribution in [2.75, 3.05) is 0 Å². The second-order valence-electron chi connectivity index (χ2n) is 5.63. The Morgan fingerprint density at radius 2 is 1.79 bits per heavy atom. The summed E-state index contributed by atoms with van der Waals surface area (Å²) >= 11 is 0. The first-order valence-electron chi connectivity index (χ1n) is 7.03. The Morgan fingerprint density at radius 3 is 2.42 bits per heavy atom. The molecule has 0 heterocycles. The van der Waals surface area contributed by atoms with Gasteiger partial charge in [0, 0.05) is 0 Å². The fraction of sp³-hybridized carbons (Fsp3) is 0.562. The van der Waals surface area contributed by atoms with Gasteiger partial charge in [0.2, 0.25) is 0 Å². The third-order valence-corrected chi connectivity index (χ3v) is 4.04. The largest absolute Gasteiger partial charge is 0.373 e. The van der Waals surface area contributed by atoms with Gasteiger partial charge in [-0.3, -0.25) is 4.89 Å². The lowest BCUT2D eigenvalue weighted by atomic mass is 9.81. The van der Waals surface area contributed by atoms with E-state index in [0.717, 1.165) is 18.4 Å². The topological polar surface area (TPSA) is 35.5 Å². The lowest BCUT2D eigenvalue weighted by Gasteiger charge is -2.32. The molecule has 0 aromatic heterocycles. The van der Waals surface area contributed by atoms with E-state index in [0.29, 0.717) is 17.4 Å². The number of hydrogen-bond donors (Lipinski definition) is 0. The summed E-state index contributed by atoms with van der Waals surface area (Å²) in [4.78, 5) is 22.5. The van der Waals surface area contributed by atoms with Gasteiger partial charge in [-0.1, -0.05) is 38.5 Å². The molecule has 2 rings (SSSR count). The molecule has 0 N–H and O–H groups in total. The Bertz CT molecular complexity index is 431. The van der Waals surface area contributed by atoms with Gasteiger partial charge in [0.05, 0.1) is 5.56 Å². The second-order valence-corrected chi connectivity index (χ2v) is 5.63. The van der Waals surface area contributed by atoms with Crippen molar-refractivity contribution >= 4 is 5.97 Å². The van der Waals surface area contributed by atoms with Crippen LogP contribution in [0.1, 0.15) is 49.0 Å². The maximum Gasteiger partial charge on any atom is 0.373 e. The average Bonchev–Trinajstić information content (AvgIpc) is 2.38. The normalized spacial score (nSPS) is 27.0. The Kier molecular flexibility index (Phi) is 4.59. The van der Waals surface area contributed by atoms with E-state index in [1.165, 1.54) is 6.42 Å². The molecule has 1 saturated carbocycles. The fourth-order valence-corrected chi connectivity index (χ4v) is 2.79. The van der Waals surface area contributed by atoms with Crippen LogP contribution in [0.4, 0.5) is 0 Å². The highest BCUT2D eigenvalue weighted by atomic mass is 17.2. The maximum atomic E-state index is 12.0. The molecule has 2 atom stereocenters. The van der Waals surface area contributed by atoms with E-state index in [4.69, 9.17) is 9.78 Å². The summed E-state index contributed by atoms with van der Waals surface area (Å²) in [5.74, 6) is 0.477. The summed E-state index contributed by atoms with van der Waals surface area (Å²) in [5.41, 5.74) is 1.47. The highest BCUT2D eigenvalue weighted by molar-refractivity contribution is 5.90. The van der Waals surface area contributed by atoms with Gasteiger partial charge in [0.25, 0.3) is 0 Å². The molecule has 0 amide bonds. The molecule has 0 spiro atoms. The molecule has 0 aliphatic heterocycles. The van der Waals surface area contributed by atoms with Gasteiger partial charge in [-0.05, 0) is 43.2 Å². The van der Waals surface area contributed by atoms with Crippen molar-refractivity contribution in [1.29, 1.82) is 0 Å². The summed E-state index contributed by atoms with van der Waals surface area (Å²) < 4.78 is 0. The second kappa shape index (κ2) is 6.20. The fourth-order valence-electron chi connectivity index (χ4n) is 2.79. The van der Waals surface area contributed by atoms with Gasteiger partial charge in [-0.2, -0.15) is 4.89 Å². The van der Waals surface area contributed by atoms with E-state index in [1.54, 1.807) is 6.07 Å². The average molecular weight is 262 g/mol. The van der Waals surface area contributed by atoms with Crippen molar-refractivity contribution < 1.29 is 14.6 Å². The molecule has 104 valence electrons. The first-order valence-corrected chi connectivity index (χ1v) is 7.03. The van der Waals surface area contributed by atoms with Crippen LogP contribution in [-0.2, 0) is 9.78 Å². The number of rotatable bonds is 3. The molecule has 19 heavy (non-hydrogen) atoms. The van der Waals surface area contributed by atoms with Crippen molar-refractivity contribution in [1.82, 2.24) is 0 Å². The molecule has 2 unspecified atom stereocenters. The smallest absolute Gasteiger partial charge is 0.293 e. The van der Waals surface area contributed by atoms with E-state index >= 15 is 0 Å². The van der Waals surface area contributed by atoms with Gasteiger partial charge >= 0.3 is 5.97 Å². The zero-order chi connectivity index (χ0) is 13.8. The predicted octanol–water partition coefficient (Wildman–Crippen LogP) is 3.91. The van der Waals surface area contributed by atoms with Crippen LogP contribution in [0.25, 0.3) is 0 Å². The molecule has 1 aliphatic carbocycles. The van der Waals surface area contributed by atoms with Crippen molar-refractivity contribution in [2.24, 2.45) is 11.8 Å². The first kappa shape index (κ1) is 14.1. The van der Waals surface area contributed by atoms with Crippen LogP contribution in [0.2, 0.25) is 0 Å². The van der Waals surface area contributed by atoms with E-state index in [-0.39, 0.29) is 6.10 Å². The van der Waals surface area contributed by atoms with Crippen LogP contribution in [-0.4, -0.2) is 12.1 Å². The van der Waals surface area contributed by atoms with Gasteiger partial charge in [-0.25, -0.2) is 4.79 Å². The van der Waals surface area contributed by atoms with Crippen LogP contribution in [0.5, 0.6) is 0 Å². The highest BCUT2D eigenvalue weighted by Gasteiger charge is 2.30. The van der Waals surface area contributed by atoms with E-state index in [9.17, 15) is 4.79 Å². The quantitative estimate of drug-likeness (QED) is 0.612. The molecule has 1 aromatic carbocycles. The number of aryl methyl sites for hydroxylation is 1. The van der Waals surface area contributed by atoms with E-state index < -0.39 is 5.97 Å². The first-order chi connectivity index (χ1) is 9.09. The summed E-state index contributed by atoms with van der Waals surface area (Å²) in [6, 6.07) is 7.38. The Balaban J connectivity index is 1.95. The van der Waals surface area contributed by atoms with Gasteiger partial charge < -0.3 is 0 Å². The van der Waals surface area contributed by atoms with Crippen molar-refractivity contribution in [2.45, 2.75) is 46.1 Å². The SMILES string of the molecule is Cc1ccccc1C(=O)OOC1C(C)CCCC1C. The van der Waals surface area contributed by atoms with Crippen LogP contribution in [0.3, 0.4) is 0 Å². The molecule has 0 radical (unpaired) electrons. The van der Waals surface area contributed by atoms with Crippen LogP contribution in [0.15, 0.2) is 24.3 Å². The lowest BCUT2D eigenvalue weighted by molar-refractivity contribution is -0.299. The molecule has 0 bridgehead atoms. The van der Waals surface area contributed by atoms with Crippen molar-refractivity contribution in [3.63, 3.8) is 0 Å². The predicted molar refractivity (Wildman–Crippen MR) is 73.6 cm³/mol. The van der Waals surface area contributed by atoms with E-state index in [1.807, 2.05) is 25.1 Å². The number of benzene rings is 1. The molecule has 0 saturated heterocycles. The molecule has 3 heteroatoms. The molecular weight excluding hydrogens is 240 g/mol. The molecule has 1 aromatic rings. The molecular formula is C16H22O3. The van der Waals surface area contributed by atoms with Gasteiger partial charge in [0.1, 0.15) is 6.10 Å². The summed E-state index contributed by atoms with van der Waals surface area (Å²) in [6.45, 7) is 6.20. The standard InChI is InChI=1S/C16H22O3/c1-11-7-4-5-10-14(11)16(17)19-18-15-12(2)8-6-9-13(15)3/h4-5,7,10,12-13,15H,6,8-9H2,1-3H3. The number of carbonyl (C=O) groups is 1. The van der Waals surface area contributed by atoms with Gasteiger partial charge in [-0.15, -0.1) is 0 Å².